The molecule has 0 unspecified atom stereocenters. The predicted molar refractivity (Wildman–Crippen MR) is 93.0 cm³/mol. The highest BCUT2D eigenvalue weighted by Crippen LogP contribution is 2.14. The lowest BCUT2D eigenvalue weighted by molar-refractivity contribution is -0.119. The second-order valence-corrected chi connectivity index (χ2v) is 5.18. The van der Waals surface area contributed by atoms with Crippen molar-refractivity contribution in [2.24, 2.45) is 5.10 Å². The first-order valence-electron chi connectivity index (χ1n) is 7.36. The fourth-order valence-electron chi connectivity index (χ4n) is 1.94. The largest absolute Gasteiger partial charge is 0.497 e. The zero-order chi connectivity index (χ0) is 16.7. The van der Waals surface area contributed by atoms with Crippen LogP contribution in [0.4, 0.5) is 5.69 Å². The van der Waals surface area contributed by atoms with Crippen LogP contribution in [-0.4, -0.2) is 25.3 Å². The van der Waals surface area contributed by atoms with Gasteiger partial charge in [0, 0.05) is 5.69 Å². The molecule has 5 nitrogen and oxygen atoms in total. The molecule has 0 aliphatic rings. The highest BCUT2D eigenvalue weighted by molar-refractivity contribution is 5.99. The number of methoxy groups -OCH3 is 1. The molecular weight excluding hydrogens is 290 g/mol. The van der Waals surface area contributed by atoms with E-state index in [1.54, 1.807) is 7.11 Å². The van der Waals surface area contributed by atoms with Crippen LogP contribution in [0.3, 0.4) is 0 Å². The van der Waals surface area contributed by atoms with Gasteiger partial charge >= 0.3 is 0 Å². The number of nitrogens with one attached hydrogen (secondary N) is 2. The lowest BCUT2D eigenvalue weighted by Gasteiger charge is -2.07. The Morgan fingerprint density at radius 2 is 1.74 bits per heavy atom. The zero-order valence-corrected chi connectivity index (χ0v) is 13.6. The third-order valence-electron chi connectivity index (χ3n) is 3.36. The molecule has 0 aromatic heterocycles. The van der Waals surface area contributed by atoms with Crippen LogP contribution in [0.2, 0.25) is 0 Å². The fraction of sp³-hybridized carbons (Fsp3) is 0.222. The Hall–Kier alpha value is -2.82. The molecule has 2 rings (SSSR count). The van der Waals surface area contributed by atoms with Gasteiger partial charge in [-0.15, -0.1) is 0 Å². The summed E-state index contributed by atoms with van der Waals surface area (Å²) >= 11 is 0. The molecule has 0 aliphatic carbocycles. The molecule has 120 valence electrons. The zero-order valence-electron chi connectivity index (χ0n) is 13.6. The van der Waals surface area contributed by atoms with Crippen molar-refractivity contribution in [3.8, 4) is 5.75 Å². The van der Waals surface area contributed by atoms with Crippen LogP contribution in [0.1, 0.15) is 18.1 Å². The summed E-state index contributed by atoms with van der Waals surface area (Å²) in [5, 5.41) is 7.15. The Bertz CT molecular complexity index is 676. The summed E-state index contributed by atoms with van der Waals surface area (Å²) in [6.45, 7) is 4.04. The Labute approximate surface area is 136 Å². The third kappa shape index (κ3) is 5.14. The molecule has 1 amide bonds. The number of carbonyl (C=O) groups excluding carboxylic acids is 1. The van der Waals surface area contributed by atoms with Gasteiger partial charge in [-0.3, -0.25) is 4.79 Å². The van der Waals surface area contributed by atoms with Crippen LogP contribution in [0, 0.1) is 6.92 Å². The first-order chi connectivity index (χ1) is 11.1. The summed E-state index contributed by atoms with van der Waals surface area (Å²) in [5.74, 6) is 0.575. The van der Waals surface area contributed by atoms with Gasteiger partial charge in [-0.1, -0.05) is 29.8 Å². The summed E-state index contributed by atoms with van der Waals surface area (Å²) in [7, 11) is 1.62. The third-order valence-corrected chi connectivity index (χ3v) is 3.36. The van der Waals surface area contributed by atoms with Gasteiger partial charge in [0.2, 0.25) is 0 Å². The van der Waals surface area contributed by atoms with Gasteiger partial charge < -0.3 is 10.1 Å². The Morgan fingerprint density at radius 3 is 2.35 bits per heavy atom. The molecule has 2 N–H and O–H groups in total. The minimum Gasteiger partial charge on any atom is -0.497 e. The normalized spacial score (nSPS) is 11.0. The number of aryl methyl sites for hydroxylation is 1. The number of benzene rings is 2. The second kappa shape index (κ2) is 7.98. The number of nitrogens with zero attached hydrogens (tertiary/aromatic N) is 1. The number of ether oxygens (including phenoxy) is 1. The number of hydrogen-bond acceptors (Lipinski definition) is 4. The van der Waals surface area contributed by atoms with E-state index in [1.165, 1.54) is 5.56 Å². The van der Waals surface area contributed by atoms with Crippen LogP contribution >= 0.6 is 0 Å². The molecule has 2 aromatic carbocycles. The molecule has 0 heterocycles. The topological polar surface area (TPSA) is 62.7 Å². The average Bonchev–Trinajstić information content (AvgIpc) is 2.59. The van der Waals surface area contributed by atoms with Gasteiger partial charge in [0.1, 0.15) is 5.75 Å². The van der Waals surface area contributed by atoms with Crippen molar-refractivity contribution in [3.63, 3.8) is 0 Å². The molecule has 0 saturated carbocycles. The molecule has 2 aromatic rings. The molecule has 0 atom stereocenters. The number of rotatable bonds is 6. The van der Waals surface area contributed by atoms with Crippen molar-refractivity contribution in [3.05, 3.63) is 59.7 Å². The number of hydrazone groups is 1. The van der Waals surface area contributed by atoms with Gasteiger partial charge in [0.15, 0.2) is 0 Å². The van der Waals surface area contributed by atoms with Crippen LogP contribution in [0.15, 0.2) is 53.6 Å². The van der Waals surface area contributed by atoms with E-state index in [4.69, 9.17) is 4.74 Å². The van der Waals surface area contributed by atoms with E-state index in [-0.39, 0.29) is 12.5 Å². The molecule has 0 saturated heterocycles. The first-order valence-corrected chi connectivity index (χ1v) is 7.36. The van der Waals surface area contributed by atoms with Crippen molar-refractivity contribution in [1.29, 1.82) is 0 Å². The Kier molecular flexibility index (Phi) is 5.74. The van der Waals surface area contributed by atoms with Crippen molar-refractivity contribution in [1.82, 2.24) is 5.43 Å². The van der Waals surface area contributed by atoms with Crippen molar-refractivity contribution < 1.29 is 9.53 Å². The highest BCUT2D eigenvalue weighted by Gasteiger charge is 2.02. The molecule has 0 fully saturated rings. The van der Waals surface area contributed by atoms with E-state index in [9.17, 15) is 4.79 Å². The molecule has 0 spiro atoms. The Balaban J connectivity index is 1.84. The van der Waals surface area contributed by atoms with Crippen LogP contribution < -0.4 is 15.5 Å². The summed E-state index contributed by atoms with van der Waals surface area (Å²) in [5.41, 5.74) is 6.34. The maximum absolute atomic E-state index is 11.8. The van der Waals surface area contributed by atoms with E-state index < -0.39 is 0 Å². The van der Waals surface area contributed by atoms with E-state index in [0.29, 0.717) is 0 Å². The maximum Gasteiger partial charge on any atom is 0.259 e. The quantitative estimate of drug-likeness (QED) is 0.637. The van der Waals surface area contributed by atoms with Crippen molar-refractivity contribution in [2.45, 2.75) is 13.8 Å². The van der Waals surface area contributed by atoms with E-state index >= 15 is 0 Å². The summed E-state index contributed by atoms with van der Waals surface area (Å²) in [6, 6.07) is 15.4. The van der Waals surface area contributed by atoms with Gasteiger partial charge in [0.05, 0.1) is 19.4 Å². The Morgan fingerprint density at radius 1 is 1.09 bits per heavy atom. The number of carbonyl (C=O) groups is 1. The summed E-state index contributed by atoms with van der Waals surface area (Å²) < 4.78 is 5.08. The van der Waals surface area contributed by atoms with E-state index in [0.717, 1.165) is 22.7 Å². The second-order valence-electron chi connectivity index (χ2n) is 5.18. The maximum atomic E-state index is 11.8. The van der Waals surface area contributed by atoms with Gasteiger partial charge in [-0.05, 0) is 43.7 Å². The van der Waals surface area contributed by atoms with Crippen LogP contribution in [-0.2, 0) is 4.79 Å². The lowest BCUT2D eigenvalue weighted by atomic mass is 10.1. The van der Waals surface area contributed by atoms with E-state index in [2.05, 4.69) is 15.8 Å². The van der Waals surface area contributed by atoms with Gasteiger partial charge in [-0.2, -0.15) is 5.10 Å². The highest BCUT2D eigenvalue weighted by atomic mass is 16.5. The average molecular weight is 311 g/mol. The summed E-state index contributed by atoms with van der Waals surface area (Å²) in [4.78, 5) is 11.8. The minimum atomic E-state index is -0.202. The van der Waals surface area contributed by atoms with Crippen molar-refractivity contribution in [2.75, 3.05) is 19.0 Å². The van der Waals surface area contributed by atoms with Crippen molar-refractivity contribution >= 4 is 17.3 Å². The lowest BCUT2D eigenvalue weighted by Crippen LogP contribution is -2.26. The number of amides is 1. The monoisotopic (exact) mass is 311 g/mol. The standard InChI is InChI=1S/C18H21N3O2/c1-13-4-6-15(7-5-13)14(2)20-21-18(22)12-19-16-8-10-17(23-3)11-9-16/h4-11,19H,12H2,1-3H3,(H,21,22)/b20-14+. The molecule has 5 heteroatoms. The smallest absolute Gasteiger partial charge is 0.259 e. The SMILES string of the molecule is COc1ccc(NCC(=O)N/N=C(\C)c2ccc(C)cc2)cc1. The molecule has 0 aliphatic heterocycles. The van der Waals surface area contributed by atoms with Crippen LogP contribution in [0.5, 0.6) is 5.75 Å². The van der Waals surface area contributed by atoms with E-state index in [1.807, 2.05) is 62.4 Å². The number of hydrogen-bond donors (Lipinski definition) is 2. The number of anilines is 1. The predicted octanol–water partition coefficient (Wildman–Crippen LogP) is 2.96. The molecule has 0 radical (unpaired) electrons. The molecular formula is C18H21N3O2. The fourth-order valence-corrected chi connectivity index (χ4v) is 1.94. The summed E-state index contributed by atoms with van der Waals surface area (Å²) in [6.07, 6.45) is 0. The van der Waals surface area contributed by atoms with Gasteiger partial charge in [-0.25, -0.2) is 5.43 Å². The van der Waals surface area contributed by atoms with Crippen LogP contribution in [0.25, 0.3) is 0 Å². The molecule has 0 bridgehead atoms. The van der Waals surface area contributed by atoms with Gasteiger partial charge in [0.25, 0.3) is 5.91 Å². The first kappa shape index (κ1) is 16.5. The molecule has 23 heavy (non-hydrogen) atoms. The minimum absolute atomic E-state index is 0.150.